The summed E-state index contributed by atoms with van der Waals surface area (Å²) in [5, 5.41) is 8.79. The third-order valence-electron chi connectivity index (χ3n) is 2.62. The molecule has 1 rings (SSSR count). The van der Waals surface area contributed by atoms with Gasteiger partial charge in [-0.05, 0) is 17.5 Å². The van der Waals surface area contributed by atoms with Gasteiger partial charge in [-0.1, -0.05) is 19.9 Å². The van der Waals surface area contributed by atoms with Crippen molar-refractivity contribution in [2.75, 3.05) is 13.1 Å². The van der Waals surface area contributed by atoms with Crippen molar-refractivity contribution in [2.24, 2.45) is 5.92 Å². The maximum Gasteiger partial charge on any atom is 0.323 e. The number of aliphatic carboxylic acids is 1. The number of hydrogen-bond acceptors (Lipinski definition) is 2. The molecule has 0 aromatic heterocycles. The first-order valence-corrected chi connectivity index (χ1v) is 6.23. The van der Waals surface area contributed by atoms with Gasteiger partial charge in [0.15, 0.2) is 0 Å². The molecule has 0 aliphatic heterocycles. The maximum absolute atomic E-state index is 13.5. The molecule has 0 aliphatic carbocycles. The highest BCUT2D eigenvalue weighted by Crippen LogP contribution is 2.12. The molecule has 4 nitrogen and oxygen atoms in total. The average molecular weight is 285 g/mol. The third kappa shape index (κ3) is 4.95. The van der Waals surface area contributed by atoms with E-state index in [0.717, 1.165) is 11.0 Å². The molecule has 0 heterocycles. The zero-order chi connectivity index (χ0) is 15.3. The van der Waals surface area contributed by atoms with Crippen molar-refractivity contribution < 1.29 is 23.5 Å². The molecule has 1 amide bonds. The molecule has 0 saturated heterocycles. The Labute approximate surface area is 116 Å². The maximum atomic E-state index is 13.5. The molecule has 0 fully saturated rings. The molecule has 6 heteroatoms. The van der Waals surface area contributed by atoms with Gasteiger partial charge in [0.1, 0.15) is 18.2 Å². The summed E-state index contributed by atoms with van der Waals surface area (Å²) in [6.45, 7) is 3.54. The average Bonchev–Trinajstić information content (AvgIpc) is 2.30. The molecule has 1 N–H and O–H groups in total. The normalized spacial score (nSPS) is 10.7. The first-order valence-electron chi connectivity index (χ1n) is 6.23. The van der Waals surface area contributed by atoms with E-state index in [9.17, 15) is 18.4 Å². The third-order valence-corrected chi connectivity index (χ3v) is 2.62. The van der Waals surface area contributed by atoms with Crippen molar-refractivity contribution in [3.05, 3.63) is 35.4 Å². The highest BCUT2D eigenvalue weighted by Gasteiger charge is 2.19. The van der Waals surface area contributed by atoms with Gasteiger partial charge in [-0.25, -0.2) is 8.78 Å². The van der Waals surface area contributed by atoms with Crippen LogP contribution in [0.1, 0.15) is 19.4 Å². The van der Waals surface area contributed by atoms with Crippen LogP contribution in [0.3, 0.4) is 0 Å². The zero-order valence-electron chi connectivity index (χ0n) is 11.4. The quantitative estimate of drug-likeness (QED) is 0.870. The molecule has 110 valence electrons. The van der Waals surface area contributed by atoms with E-state index >= 15 is 0 Å². The fourth-order valence-corrected chi connectivity index (χ4v) is 1.80. The van der Waals surface area contributed by atoms with Crippen LogP contribution in [0.2, 0.25) is 0 Å². The van der Waals surface area contributed by atoms with E-state index in [1.165, 1.54) is 6.07 Å². The number of benzene rings is 1. The summed E-state index contributed by atoms with van der Waals surface area (Å²) >= 11 is 0. The lowest BCUT2D eigenvalue weighted by molar-refractivity contribution is -0.144. The van der Waals surface area contributed by atoms with Crippen LogP contribution in [0.25, 0.3) is 0 Å². The molecule has 0 radical (unpaired) electrons. The number of nitrogens with zero attached hydrogens (tertiary/aromatic N) is 1. The number of carbonyl (C=O) groups is 2. The molecule has 0 aliphatic rings. The van der Waals surface area contributed by atoms with Gasteiger partial charge in [-0.2, -0.15) is 0 Å². The fourth-order valence-electron chi connectivity index (χ4n) is 1.80. The van der Waals surface area contributed by atoms with Gasteiger partial charge < -0.3 is 10.0 Å². The van der Waals surface area contributed by atoms with Crippen molar-refractivity contribution in [3.63, 3.8) is 0 Å². The molecule has 0 unspecified atom stereocenters. The van der Waals surface area contributed by atoms with Gasteiger partial charge in [0, 0.05) is 12.6 Å². The van der Waals surface area contributed by atoms with Crippen LogP contribution in [0.4, 0.5) is 8.78 Å². The minimum atomic E-state index is -1.13. The summed E-state index contributed by atoms with van der Waals surface area (Å²) < 4.78 is 26.2. The van der Waals surface area contributed by atoms with Gasteiger partial charge in [0.25, 0.3) is 0 Å². The molecule has 0 saturated carbocycles. The van der Waals surface area contributed by atoms with Gasteiger partial charge in [-0.3, -0.25) is 9.59 Å². The predicted molar refractivity (Wildman–Crippen MR) is 69.1 cm³/mol. The minimum Gasteiger partial charge on any atom is -0.480 e. The first kappa shape index (κ1) is 16.1. The van der Waals surface area contributed by atoms with Crippen molar-refractivity contribution in [1.29, 1.82) is 0 Å². The van der Waals surface area contributed by atoms with Crippen LogP contribution in [-0.2, 0) is 16.0 Å². The smallest absolute Gasteiger partial charge is 0.323 e. The van der Waals surface area contributed by atoms with Crippen LogP contribution in [-0.4, -0.2) is 35.0 Å². The SMILES string of the molecule is CC(C)CN(CC(=O)O)C(=O)Cc1ccc(F)cc1F. The molecule has 0 atom stereocenters. The van der Waals surface area contributed by atoms with Crippen molar-refractivity contribution in [3.8, 4) is 0 Å². The van der Waals surface area contributed by atoms with Crippen molar-refractivity contribution in [2.45, 2.75) is 20.3 Å². The molecule has 20 heavy (non-hydrogen) atoms. The monoisotopic (exact) mass is 285 g/mol. The molecule has 0 bridgehead atoms. The minimum absolute atomic E-state index is 0.0514. The molecule has 1 aromatic rings. The van der Waals surface area contributed by atoms with Crippen LogP contribution in [0.15, 0.2) is 18.2 Å². The summed E-state index contributed by atoms with van der Waals surface area (Å²) in [6, 6.07) is 2.96. The number of hydrogen-bond donors (Lipinski definition) is 1. The predicted octanol–water partition coefficient (Wildman–Crippen LogP) is 2.08. The van der Waals surface area contributed by atoms with E-state index in [4.69, 9.17) is 5.11 Å². The second-order valence-electron chi connectivity index (χ2n) is 4.97. The number of carboxylic acids is 1. The topological polar surface area (TPSA) is 57.6 Å². The summed E-state index contributed by atoms with van der Waals surface area (Å²) in [6.07, 6.45) is -0.286. The van der Waals surface area contributed by atoms with Crippen LogP contribution in [0, 0.1) is 17.6 Å². The second kappa shape index (κ2) is 6.98. The Kier molecular flexibility index (Phi) is 5.61. The Hall–Kier alpha value is -1.98. The van der Waals surface area contributed by atoms with E-state index < -0.39 is 30.1 Å². The van der Waals surface area contributed by atoms with Gasteiger partial charge in [0.2, 0.25) is 5.91 Å². The largest absolute Gasteiger partial charge is 0.480 e. The Morgan fingerprint density at radius 3 is 2.45 bits per heavy atom. The van der Waals surface area contributed by atoms with Gasteiger partial charge >= 0.3 is 5.97 Å². The van der Waals surface area contributed by atoms with E-state index in [-0.39, 0.29) is 24.4 Å². The standard InChI is InChI=1S/C14H17F2NO3/c1-9(2)7-17(8-14(19)20)13(18)5-10-3-4-11(15)6-12(10)16/h3-4,6,9H,5,7-8H2,1-2H3,(H,19,20). The van der Waals surface area contributed by atoms with Gasteiger partial charge in [0.05, 0.1) is 6.42 Å². The Balaban J connectivity index is 2.81. The molecular formula is C14H17F2NO3. The summed E-state index contributed by atoms with van der Waals surface area (Å²) in [7, 11) is 0. The van der Waals surface area contributed by atoms with Crippen LogP contribution >= 0.6 is 0 Å². The number of amides is 1. The molecule has 1 aromatic carbocycles. The lowest BCUT2D eigenvalue weighted by Crippen LogP contribution is -2.39. The zero-order valence-corrected chi connectivity index (χ0v) is 11.4. The van der Waals surface area contributed by atoms with Crippen molar-refractivity contribution >= 4 is 11.9 Å². The lowest BCUT2D eigenvalue weighted by Gasteiger charge is -2.22. The summed E-state index contributed by atoms with van der Waals surface area (Å²) in [4.78, 5) is 23.9. The van der Waals surface area contributed by atoms with E-state index in [1.54, 1.807) is 0 Å². The number of carbonyl (C=O) groups excluding carboxylic acids is 1. The van der Waals surface area contributed by atoms with E-state index in [2.05, 4.69) is 0 Å². The highest BCUT2D eigenvalue weighted by molar-refractivity contribution is 5.83. The summed E-state index contributed by atoms with van der Waals surface area (Å²) in [5.41, 5.74) is 0.0514. The van der Waals surface area contributed by atoms with Crippen molar-refractivity contribution in [1.82, 2.24) is 4.90 Å². The Morgan fingerprint density at radius 2 is 1.95 bits per heavy atom. The van der Waals surface area contributed by atoms with Crippen LogP contribution < -0.4 is 0 Å². The fraction of sp³-hybridized carbons (Fsp3) is 0.429. The van der Waals surface area contributed by atoms with E-state index in [0.29, 0.717) is 6.07 Å². The van der Waals surface area contributed by atoms with Gasteiger partial charge in [-0.15, -0.1) is 0 Å². The lowest BCUT2D eigenvalue weighted by atomic mass is 10.1. The van der Waals surface area contributed by atoms with Crippen LogP contribution in [0.5, 0.6) is 0 Å². The molecular weight excluding hydrogens is 268 g/mol. The van der Waals surface area contributed by atoms with E-state index in [1.807, 2.05) is 13.8 Å². The number of rotatable bonds is 6. The Morgan fingerprint density at radius 1 is 1.30 bits per heavy atom. The second-order valence-corrected chi connectivity index (χ2v) is 4.97. The highest BCUT2D eigenvalue weighted by atomic mass is 19.1. The summed E-state index contributed by atoms with van der Waals surface area (Å²) in [5.74, 6) is -3.05. The number of halogens is 2. The Bertz CT molecular complexity index is 503. The molecule has 0 spiro atoms. The first-order chi connectivity index (χ1) is 9.29. The number of carboxylic acid groups (broad SMARTS) is 1.